The number of aromatic nitrogens is 2. The largest absolute Gasteiger partial charge is 0.489 e. The topological polar surface area (TPSA) is 77.5 Å². The molecule has 0 atom stereocenters. The summed E-state index contributed by atoms with van der Waals surface area (Å²) in [5.74, 6) is 0.587. The van der Waals surface area contributed by atoms with Crippen molar-refractivity contribution in [2.24, 2.45) is 0 Å². The van der Waals surface area contributed by atoms with E-state index in [-0.39, 0.29) is 18.6 Å². The van der Waals surface area contributed by atoms with Gasteiger partial charge in [-0.3, -0.25) is 0 Å². The number of aromatic carboxylic acids is 1. The summed E-state index contributed by atoms with van der Waals surface area (Å²) >= 11 is 13.0. The van der Waals surface area contributed by atoms with E-state index >= 15 is 0 Å². The van der Waals surface area contributed by atoms with Crippen molar-refractivity contribution in [3.63, 3.8) is 0 Å². The lowest BCUT2D eigenvalue weighted by Crippen LogP contribution is -2.02. The molecule has 0 saturated carbocycles. The first-order valence-electron chi connectivity index (χ1n) is 13.1. The Bertz CT molecular complexity index is 1710. The molecule has 6 nitrogen and oxygen atoms in total. The monoisotopic (exact) mass is 576 g/mol. The lowest BCUT2D eigenvalue weighted by molar-refractivity contribution is 0.0698. The van der Waals surface area contributed by atoms with Crippen LogP contribution >= 0.6 is 23.2 Å². The third-order valence-corrected chi connectivity index (χ3v) is 7.69. The second-order valence-corrected chi connectivity index (χ2v) is 11.3. The Labute approximate surface area is 243 Å². The van der Waals surface area contributed by atoms with Crippen LogP contribution < -0.4 is 4.74 Å². The molecule has 0 fully saturated rings. The normalized spacial score (nSPS) is 11.6. The molecule has 0 saturated heterocycles. The van der Waals surface area contributed by atoms with Gasteiger partial charge in [0.25, 0.3) is 0 Å². The fourth-order valence-electron chi connectivity index (χ4n) is 5.06. The molecule has 0 aliphatic rings. The number of nitrogens with zero attached hydrogens (tertiary/aromatic N) is 2. The zero-order valence-electron chi connectivity index (χ0n) is 23.0. The van der Waals surface area contributed by atoms with Crippen molar-refractivity contribution < 1.29 is 19.2 Å². The van der Waals surface area contributed by atoms with Crippen LogP contribution in [0.1, 0.15) is 66.9 Å². The average Bonchev–Trinajstić information content (AvgIpc) is 3.49. The van der Waals surface area contributed by atoms with Gasteiger partial charge in [-0.25, -0.2) is 4.79 Å². The van der Waals surface area contributed by atoms with Crippen molar-refractivity contribution >= 4 is 40.1 Å². The molecule has 0 aliphatic carbocycles. The first kappa shape index (κ1) is 27.8. The Kier molecular flexibility index (Phi) is 7.67. The van der Waals surface area contributed by atoms with E-state index in [0.29, 0.717) is 32.6 Å². The highest BCUT2D eigenvalue weighted by Gasteiger charge is 2.24. The number of fused-ring (bicyclic) bond motifs is 1. The maximum Gasteiger partial charge on any atom is 0.337 e. The van der Waals surface area contributed by atoms with Gasteiger partial charge in [-0.05, 0) is 67.8 Å². The van der Waals surface area contributed by atoms with Crippen LogP contribution in [0.3, 0.4) is 0 Å². The second-order valence-electron chi connectivity index (χ2n) is 10.5. The van der Waals surface area contributed by atoms with Gasteiger partial charge in [-0.1, -0.05) is 66.5 Å². The van der Waals surface area contributed by atoms with Crippen LogP contribution in [-0.4, -0.2) is 20.8 Å². The number of hydrogen-bond donors (Lipinski definition) is 1. The van der Waals surface area contributed by atoms with Crippen molar-refractivity contribution in [3.05, 3.63) is 93.3 Å². The smallest absolute Gasteiger partial charge is 0.337 e. The predicted octanol–water partition coefficient (Wildman–Crippen LogP) is 9.56. The number of ether oxygens (including phenoxy) is 1. The van der Waals surface area contributed by atoms with Gasteiger partial charge in [0.2, 0.25) is 0 Å². The molecule has 0 spiro atoms. The van der Waals surface area contributed by atoms with E-state index in [9.17, 15) is 9.90 Å². The zero-order chi connectivity index (χ0) is 28.7. The second kappa shape index (κ2) is 11.0. The van der Waals surface area contributed by atoms with Gasteiger partial charge in [0.15, 0.2) is 0 Å². The summed E-state index contributed by atoms with van der Waals surface area (Å²) < 4.78 is 14.0. The predicted molar refractivity (Wildman–Crippen MR) is 160 cm³/mol. The minimum atomic E-state index is -0.928. The minimum absolute atomic E-state index is 0.0894. The highest BCUT2D eigenvalue weighted by Crippen LogP contribution is 2.39. The number of rotatable bonds is 8. The third-order valence-electron chi connectivity index (χ3n) is 7.06. The summed E-state index contributed by atoms with van der Waals surface area (Å²) in [4.78, 5) is 11.8. The number of halogens is 2. The van der Waals surface area contributed by atoms with Gasteiger partial charge in [0.1, 0.15) is 23.8 Å². The van der Waals surface area contributed by atoms with Crippen LogP contribution in [0.4, 0.5) is 0 Å². The maximum atomic E-state index is 11.8. The molecule has 40 heavy (non-hydrogen) atoms. The molecule has 2 aromatic heterocycles. The first-order chi connectivity index (χ1) is 19.1. The van der Waals surface area contributed by atoms with E-state index < -0.39 is 5.97 Å². The van der Waals surface area contributed by atoms with E-state index in [0.717, 1.165) is 38.9 Å². The van der Waals surface area contributed by atoms with E-state index in [1.807, 2.05) is 69.5 Å². The maximum absolute atomic E-state index is 11.8. The zero-order valence-corrected chi connectivity index (χ0v) is 24.5. The molecule has 206 valence electrons. The van der Waals surface area contributed by atoms with Gasteiger partial charge < -0.3 is 18.9 Å². The van der Waals surface area contributed by atoms with E-state index in [1.165, 1.54) is 0 Å². The molecule has 0 bridgehead atoms. The Balaban J connectivity index is 1.46. The van der Waals surface area contributed by atoms with Crippen LogP contribution in [0, 0.1) is 6.92 Å². The summed E-state index contributed by atoms with van der Waals surface area (Å²) in [7, 11) is 0. The van der Waals surface area contributed by atoms with Crippen LogP contribution in [0.2, 0.25) is 10.0 Å². The fourth-order valence-corrected chi connectivity index (χ4v) is 5.63. The van der Waals surface area contributed by atoms with Crippen molar-refractivity contribution in [2.45, 2.75) is 53.2 Å². The molecular formula is C32H30Cl2N2O4. The first-order valence-corrected chi connectivity index (χ1v) is 13.9. The van der Waals surface area contributed by atoms with E-state index in [1.54, 1.807) is 24.4 Å². The minimum Gasteiger partial charge on any atom is -0.489 e. The fraction of sp³-hybridized carbons (Fsp3) is 0.250. The van der Waals surface area contributed by atoms with Gasteiger partial charge in [-0.15, -0.1) is 0 Å². The van der Waals surface area contributed by atoms with E-state index in [2.05, 4.69) is 11.2 Å². The molecule has 2 heterocycles. The average molecular weight is 578 g/mol. The number of carboxylic acids is 1. The van der Waals surface area contributed by atoms with Crippen LogP contribution in [-0.2, 0) is 6.61 Å². The molecule has 0 radical (unpaired) electrons. The Morgan fingerprint density at radius 2 is 1.77 bits per heavy atom. The Hall–Kier alpha value is -3.74. The molecule has 0 amide bonds. The van der Waals surface area contributed by atoms with Crippen molar-refractivity contribution in [2.75, 3.05) is 0 Å². The van der Waals surface area contributed by atoms with Crippen LogP contribution in [0.15, 0.2) is 65.3 Å². The van der Waals surface area contributed by atoms with Gasteiger partial charge >= 0.3 is 5.97 Å². The number of aryl methyl sites for hydroxylation is 1. The summed E-state index contributed by atoms with van der Waals surface area (Å²) in [6.45, 7) is 10.4. The summed E-state index contributed by atoms with van der Waals surface area (Å²) in [5, 5.41) is 15.7. The molecular weight excluding hydrogens is 547 g/mol. The van der Waals surface area contributed by atoms with Crippen LogP contribution in [0.25, 0.3) is 33.3 Å². The van der Waals surface area contributed by atoms with Crippen LogP contribution in [0.5, 0.6) is 5.75 Å². The quantitative estimate of drug-likeness (QED) is 0.199. The lowest BCUT2D eigenvalue weighted by atomic mass is 9.98. The highest BCUT2D eigenvalue weighted by molar-refractivity contribution is 6.39. The highest BCUT2D eigenvalue weighted by atomic mass is 35.5. The number of carbonyl (C=O) groups is 1. The standard InChI is InChI=1S/C32H30Cl2N2O4/c1-17(2)31-25(30(35-40-31)29-26(33)7-6-8-27(29)34)16-39-21-10-12-22(19(5)13-21)20-9-11-23-24(32(37)38)15-36(18(3)4)28(23)14-20/h6-15,17-18H,16H2,1-5H3,(H,37,38). The summed E-state index contributed by atoms with van der Waals surface area (Å²) in [5.41, 5.74) is 6.28. The van der Waals surface area contributed by atoms with Crippen molar-refractivity contribution in [1.29, 1.82) is 0 Å². The number of hydrogen-bond acceptors (Lipinski definition) is 4. The molecule has 0 unspecified atom stereocenters. The molecule has 8 heteroatoms. The Morgan fingerprint density at radius 1 is 1.05 bits per heavy atom. The van der Waals surface area contributed by atoms with Gasteiger partial charge in [0.05, 0.1) is 21.2 Å². The lowest BCUT2D eigenvalue weighted by Gasteiger charge is -2.14. The molecule has 5 rings (SSSR count). The van der Waals surface area contributed by atoms with Crippen molar-refractivity contribution in [3.8, 4) is 28.1 Å². The SMILES string of the molecule is Cc1cc(OCc2c(-c3c(Cl)cccc3Cl)noc2C(C)C)ccc1-c1ccc2c(C(=O)O)cn(C(C)C)c2c1. The summed E-state index contributed by atoms with van der Waals surface area (Å²) in [6.07, 6.45) is 1.71. The molecule has 3 aromatic carbocycles. The number of benzene rings is 3. The van der Waals surface area contributed by atoms with Gasteiger partial charge in [-0.2, -0.15) is 0 Å². The molecule has 0 aliphatic heterocycles. The number of carboxylic acid groups (broad SMARTS) is 1. The van der Waals surface area contributed by atoms with Crippen molar-refractivity contribution in [1.82, 2.24) is 9.72 Å². The Morgan fingerprint density at radius 3 is 2.40 bits per heavy atom. The van der Waals surface area contributed by atoms with Gasteiger partial charge in [0, 0.05) is 34.6 Å². The summed E-state index contributed by atoms with van der Waals surface area (Å²) in [6, 6.07) is 17.3. The third kappa shape index (κ3) is 5.09. The molecule has 1 N–H and O–H groups in total. The van der Waals surface area contributed by atoms with E-state index in [4.69, 9.17) is 32.5 Å². The molecule has 5 aromatic rings.